The van der Waals surface area contributed by atoms with Gasteiger partial charge in [-0.1, -0.05) is 41.5 Å². The van der Waals surface area contributed by atoms with E-state index in [9.17, 15) is 16.8 Å². The van der Waals surface area contributed by atoms with Gasteiger partial charge in [-0.2, -0.15) is 0 Å². The van der Waals surface area contributed by atoms with Gasteiger partial charge in [-0.15, -0.1) is 0 Å². The molecule has 0 atom stereocenters. The third-order valence-electron chi connectivity index (χ3n) is 2.66. The van der Waals surface area contributed by atoms with Crippen LogP contribution in [0.5, 0.6) is 0 Å². The van der Waals surface area contributed by atoms with Crippen LogP contribution in [0.1, 0.15) is 13.3 Å². The van der Waals surface area contributed by atoms with Gasteiger partial charge in [-0.3, -0.25) is 0 Å². The molecule has 0 amide bonds. The Bertz CT molecular complexity index is 887. The summed E-state index contributed by atoms with van der Waals surface area (Å²) < 4.78 is 48.5. The summed E-state index contributed by atoms with van der Waals surface area (Å²) in [6.45, 7) is 1.71. The summed E-state index contributed by atoms with van der Waals surface area (Å²) in [6, 6.07) is 5.47. The molecule has 1 aromatic heterocycles. The molecule has 0 aliphatic rings. The second-order valence-corrected chi connectivity index (χ2v) is 10.5. The second-order valence-electron chi connectivity index (χ2n) is 4.33. The standard InChI is InChI=1S/C12H11Cl2NO4S3/c1-2-7-21(16,17)12-15-11(10(14)20-12)22(18,19)9-5-3-8(13)4-6-9/h3-6H,2,7H2,1H3. The number of aromatic nitrogens is 1. The Morgan fingerprint density at radius 2 is 1.68 bits per heavy atom. The molecular formula is C12H11Cl2NO4S3. The smallest absolute Gasteiger partial charge is 0.221 e. The minimum Gasteiger partial charge on any atom is -0.221 e. The lowest BCUT2D eigenvalue weighted by Crippen LogP contribution is -2.07. The highest BCUT2D eigenvalue weighted by Crippen LogP contribution is 2.34. The Kier molecular flexibility index (Phi) is 5.18. The SMILES string of the molecule is CCCS(=O)(=O)c1nc(S(=O)(=O)c2ccc(Cl)cc2)c(Cl)s1. The van der Waals surface area contributed by atoms with Crippen molar-refractivity contribution >= 4 is 54.2 Å². The molecule has 0 saturated heterocycles. The van der Waals surface area contributed by atoms with Crippen molar-refractivity contribution in [2.24, 2.45) is 0 Å². The van der Waals surface area contributed by atoms with Crippen LogP contribution in [-0.4, -0.2) is 27.6 Å². The first-order chi connectivity index (χ1) is 10.2. The van der Waals surface area contributed by atoms with Crippen LogP contribution in [0.2, 0.25) is 9.36 Å². The van der Waals surface area contributed by atoms with E-state index >= 15 is 0 Å². The molecule has 5 nitrogen and oxygen atoms in total. The van der Waals surface area contributed by atoms with Crippen LogP contribution in [0.3, 0.4) is 0 Å². The second kappa shape index (κ2) is 6.45. The molecule has 0 radical (unpaired) electrons. The Labute approximate surface area is 142 Å². The molecule has 1 aromatic carbocycles. The zero-order valence-corrected chi connectivity index (χ0v) is 15.2. The fourth-order valence-corrected chi connectivity index (χ4v) is 6.56. The van der Waals surface area contributed by atoms with E-state index in [0.717, 1.165) is 0 Å². The van der Waals surface area contributed by atoms with Crippen molar-refractivity contribution in [3.05, 3.63) is 33.6 Å². The van der Waals surface area contributed by atoms with Gasteiger partial charge in [0.25, 0.3) is 0 Å². The maximum absolute atomic E-state index is 12.5. The van der Waals surface area contributed by atoms with Crippen LogP contribution in [0.25, 0.3) is 0 Å². The maximum atomic E-state index is 12.5. The number of benzene rings is 1. The summed E-state index contributed by atoms with van der Waals surface area (Å²) in [4.78, 5) is 3.70. The summed E-state index contributed by atoms with van der Waals surface area (Å²) in [6.07, 6.45) is 0.402. The van der Waals surface area contributed by atoms with Crippen molar-refractivity contribution in [3.8, 4) is 0 Å². The normalized spacial score (nSPS) is 12.5. The Morgan fingerprint density at radius 1 is 1.09 bits per heavy atom. The Hall–Kier alpha value is -0.670. The van der Waals surface area contributed by atoms with Gasteiger partial charge in [0, 0.05) is 5.02 Å². The highest BCUT2D eigenvalue weighted by atomic mass is 35.5. The minimum absolute atomic E-state index is 0.0523. The number of sulfone groups is 2. The monoisotopic (exact) mass is 399 g/mol. The van der Waals surface area contributed by atoms with Crippen LogP contribution in [0, 0.1) is 0 Å². The lowest BCUT2D eigenvalue weighted by Gasteiger charge is -2.02. The zero-order valence-electron chi connectivity index (χ0n) is 11.3. The van der Waals surface area contributed by atoms with Gasteiger partial charge in [0.1, 0.15) is 4.34 Å². The first-order valence-electron chi connectivity index (χ1n) is 6.08. The molecule has 10 heteroatoms. The van der Waals surface area contributed by atoms with Gasteiger partial charge >= 0.3 is 0 Å². The molecule has 0 saturated carbocycles. The molecular weight excluding hydrogens is 389 g/mol. The van der Waals surface area contributed by atoms with Crippen molar-refractivity contribution in [1.29, 1.82) is 0 Å². The highest BCUT2D eigenvalue weighted by Gasteiger charge is 2.29. The molecule has 0 aliphatic heterocycles. The van der Waals surface area contributed by atoms with E-state index in [1.807, 2.05) is 0 Å². The predicted molar refractivity (Wildman–Crippen MR) is 86.4 cm³/mol. The lowest BCUT2D eigenvalue weighted by atomic mass is 10.4. The van der Waals surface area contributed by atoms with Gasteiger partial charge in [0.2, 0.25) is 24.0 Å². The molecule has 0 spiro atoms. The predicted octanol–water partition coefficient (Wildman–Crippen LogP) is 3.47. The highest BCUT2D eigenvalue weighted by molar-refractivity contribution is 7.94. The van der Waals surface area contributed by atoms with E-state index in [1.54, 1.807) is 6.92 Å². The number of thiazole rings is 1. The molecule has 0 unspecified atom stereocenters. The quantitative estimate of drug-likeness (QED) is 0.768. The van der Waals surface area contributed by atoms with Gasteiger partial charge in [-0.05, 0) is 30.7 Å². The van der Waals surface area contributed by atoms with Crippen LogP contribution in [0.15, 0.2) is 38.5 Å². The minimum atomic E-state index is -4.00. The topological polar surface area (TPSA) is 81.2 Å². The van der Waals surface area contributed by atoms with E-state index in [4.69, 9.17) is 23.2 Å². The van der Waals surface area contributed by atoms with Crippen molar-refractivity contribution < 1.29 is 16.8 Å². The molecule has 1 heterocycles. The van der Waals surface area contributed by atoms with Crippen molar-refractivity contribution in [2.45, 2.75) is 27.6 Å². The van der Waals surface area contributed by atoms with Crippen LogP contribution in [0.4, 0.5) is 0 Å². The molecule has 0 bridgehead atoms. The van der Waals surface area contributed by atoms with Gasteiger partial charge in [0.05, 0.1) is 10.6 Å². The fraction of sp³-hybridized carbons (Fsp3) is 0.250. The van der Waals surface area contributed by atoms with Crippen LogP contribution < -0.4 is 0 Å². The van der Waals surface area contributed by atoms with Crippen molar-refractivity contribution in [1.82, 2.24) is 4.98 Å². The summed E-state index contributed by atoms with van der Waals surface area (Å²) in [5.74, 6) is -0.114. The third-order valence-corrected chi connectivity index (χ3v) is 8.48. The number of hydrogen-bond acceptors (Lipinski definition) is 6. The van der Waals surface area contributed by atoms with Gasteiger partial charge in [0.15, 0.2) is 5.03 Å². The first-order valence-corrected chi connectivity index (χ1v) is 10.8. The molecule has 120 valence electrons. The Morgan fingerprint density at radius 3 is 2.23 bits per heavy atom. The zero-order chi connectivity index (χ0) is 16.5. The average Bonchev–Trinajstić information content (AvgIpc) is 2.83. The van der Waals surface area contributed by atoms with Crippen LogP contribution >= 0.6 is 34.5 Å². The van der Waals surface area contributed by atoms with E-state index in [2.05, 4.69) is 4.98 Å². The summed E-state index contributed by atoms with van der Waals surface area (Å²) in [7, 11) is -7.62. The summed E-state index contributed by atoms with van der Waals surface area (Å²) >= 11 is 12.3. The lowest BCUT2D eigenvalue weighted by molar-refractivity contribution is 0.589. The molecule has 2 aromatic rings. The first kappa shape index (κ1) is 17.7. The molecule has 0 aliphatic carbocycles. The molecule has 0 N–H and O–H groups in total. The third kappa shape index (κ3) is 3.46. The Balaban J connectivity index is 2.54. The van der Waals surface area contributed by atoms with Gasteiger partial charge < -0.3 is 0 Å². The number of rotatable bonds is 5. The van der Waals surface area contributed by atoms with E-state index in [-0.39, 0.29) is 19.3 Å². The molecule has 22 heavy (non-hydrogen) atoms. The number of halogens is 2. The molecule has 0 fully saturated rings. The summed E-state index contributed by atoms with van der Waals surface area (Å²) in [5.41, 5.74) is 0. The van der Waals surface area contributed by atoms with E-state index in [1.165, 1.54) is 24.3 Å². The van der Waals surface area contributed by atoms with Crippen molar-refractivity contribution in [2.75, 3.05) is 5.75 Å². The molecule has 2 rings (SSSR count). The van der Waals surface area contributed by atoms with Crippen molar-refractivity contribution in [3.63, 3.8) is 0 Å². The maximum Gasteiger partial charge on any atom is 0.226 e. The summed E-state index contributed by atoms with van der Waals surface area (Å²) in [5, 5.41) is -0.0642. The van der Waals surface area contributed by atoms with E-state index in [0.29, 0.717) is 22.8 Å². The average molecular weight is 400 g/mol. The number of nitrogens with zero attached hydrogens (tertiary/aromatic N) is 1. The fourth-order valence-electron chi connectivity index (χ4n) is 1.65. The number of hydrogen-bond donors (Lipinski definition) is 0. The van der Waals surface area contributed by atoms with Crippen LogP contribution in [-0.2, 0) is 19.7 Å². The van der Waals surface area contributed by atoms with Gasteiger partial charge in [-0.25, -0.2) is 21.8 Å². The largest absolute Gasteiger partial charge is 0.226 e. The van der Waals surface area contributed by atoms with E-state index < -0.39 is 24.7 Å².